The van der Waals surface area contributed by atoms with Crippen molar-refractivity contribution in [3.05, 3.63) is 39.8 Å². The van der Waals surface area contributed by atoms with Crippen molar-refractivity contribution >= 4 is 17.2 Å². The Bertz CT molecular complexity index is 490. The van der Waals surface area contributed by atoms with E-state index in [1.54, 1.807) is 17.5 Å². The van der Waals surface area contributed by atoms with Crippen molar-refractivity contribution in [1.29, 1.82) is 0 Å². The van der Waals surface area contributed by atoms with Gasteiger partial charge in [-0.1, -0.05) is 0 Å². The number of nitrogens with one attached hydrogen (secondary N) is 2. The van der Waals surface area contributed by atoms with Crippen LogP contribution in [0.25, 0.3) is 0 Å². The van der Waals surface area contributed by atoms with Crippen molar-refractivity contribution in [1.82, 2.24) is 15.5 Å². The Labute approximate surface area is 104 Å². The molecule has 2 aromatic rings. The van der Waals surface area contributed by atoms with Crippen molar-refractivity contribution in [2.45, 2.75) is 26.3 Å². The smallest absolute Gasteiger partial charge is 0.254 e. The van der Waals surface area contributed by atoms with Crippen LogP contribution < -0.4 is 5.32 Å². The van der Waals surface area contributed by atoms with Crippen LogP contribution >= 0.6 is 11.3 Å². The standard InChI is InChI=1S/C12H15N3OS/c1-8(5-10-3-4-17-7-10)14-12(16)11-6-13-15-9(11)2/h3-4,6-8H,5H2,1-2H3,(H,13,15)(H,14,16). The third-order valence-corrected chi connectivity index (χ3v) is 3.31. The highest BCUT2D eigenvalue weighted by Gasteiger charge is 2.13. The minimum Gasteiger partial charge on any atom is -0.349 e. The normalized spacial score (nSPS) is 12.4. The molecular weight excluding hydrogens is 234 g/mol. The first kappa shape index (κ1) is 11.9. The number of amides is 1. The summed E-state index contributed by atoms with van der Waals surface area (Å²) < 4.78 is 0. The first-order valence-electron chi connectivity index (χ1n) is 5.48. The van der Waals surface area contributed by atoms with Gasteiger partial charge in [0.25, 0.3) is 5.91 Å². The average Bonchev–Trinajstić information content (AvgIpc) is 2.88. The Morgan fingerprint density at radius 1 is 1.65 bits per heavy atom. The van der Waals surface area contributed by atoms with Gasteiger partial charge in [-0.25, -0.2) is 0 Å². The van der Waals surface area contributed by atoms with E-state index >= 15 is 0 Å². The summed E-state index contributed by atoms with van der Waals surface area (Å²) in [7, 11) is 0. The van der Waals surface area contributed by atoms with Gasteiger partial charge in [-0.15, -0.1) is 0 Å². The molecule has 2 N–H and O–H groups in total. The van der Waals surface area contributed by atoms with Gasteiger partial charge in [-0.3, -0.25) is 9.89 Å². The highest BCUT2D eigenvalue weighted by Crippen LogP contribution is 2.09. The van der Waals surface area contributed by atoms with Crippen LogP contribution in [0.15, 0.2) is 23.0 Å². The summed E-state index contributed by atoms with van der Waals surface area (Å²) in [4.78, 5) is 11.9. The second-order valence-corrected chi connectivity index (χ2v) is 4.90. The van der Waals surface area contributed by atoms with E-state index in [9.17, 15) is 4.79 Å². The van der Waals surface area contributed by atoms with E-state index in [-0.39, 0.29) is 11.9 Å². The van der Waals surface area contributed by atoms with Gasteiger partial charge < -0.3 is 5.32 Å². The molecule has 0 saturated carbocycles. The van der Waals surface area contributed by atoms with E-state index < -0.39 is 0 Å². The van der Waals surface area contributed by atoms with Gasteiger partial charge >= 0.3 is 0 Å². The molecule has 0 aliphatic carbocycles. The fourth-order valence-electron chi connectivity index (χ4n) is 1.69. The van der Waals surface area contributed by atoms with Crippen LogP contribution in [0.5, 0.6) is 0 Å². The molecule has 1 unspecified atom stereocenters. The molecule has 1 atom stereocenters. The minimum atomic E-state index is -0.0704. The molecule has 0 aromatic carbocycles. The second kappa shape index (κ2) is 5.14. The number of nitrogens with zero attached hydrogens (tertiary/aromatic N) is 1. The van der Waals surface area contributed by atoms with Gasteiger partial charge in [0.05, 0.1) is 11.8 Å². The molecule has 2 rings (SSSR count). The topological polar surface area (TPSA) is 57.8 Å². The maximum Gasteiger partial charge on any atom is 0.254 e. The average molecular weight is 249 g/mol. The fraction of sp³-hybridized carbons (Fsp3) is 0.333. The number of aryl methyl sites for hydroxylation is 1. The molecule has 0 radical (unpaired) electrons. The zero-order valence-electron chi connectivity index (χ0n) is 9.86. The molecule has 90 valence electrons. The van der Waals surface area contributed by atoms with E-state index in [4.69, 9.17) is 0 Å². The van der Waals surface area contributed by atoms with Crippen LogP contribution in [0.2, 0.25) is 0 Å². The predicted molar refractivity (Wildman–Crippen MR) is 68.3 cm³/mol. The van der Waals surface area contributed by atoms with Gasteiger partial charge in [0.1, 0.15) is 0 Å². The van der Waals surface area contributed by atoms with Crippen molar-refractivity contribution in [3.63, 3.8) is 0 Å². The lowest BCUT2D eigenvalue weighted by atomic mass is 10.1. The number of aromatic amines is 1. The van der Waals surface area contributed by atoms with E-state index in [1.807, 2.05) is 19.2 Å². The molecule has 4 nitrogen and oxygen atoms in total. The van der Waals surface area contributed by atoms with Crippen LogP contribution in [0.4, 0.5) is 0 Å². The van der Waals surface area contributed by atoms with E-state index in [0.717, 1.165) is 12.1 Å². The molecule has 17 heavy (non-hydrogen) atoms. The molecule has 0 fully saturated rings. The van der Waals surface area contributed by atoms with Gasteiger partial charge in [0.15, 0.2) is 0 Å². The lowest BCUT2D eigenvalue weighted by molar-refractivity contribution is 0.0939. The Balaban J connectivity index is 1.93. The summed E-state index contributed by atoms with van der Waals surface area (Å²) >= 11 is 1.67. The van der Waals surface area contributed by atoms with Crippen molar-refractivity contribution < 1.29 is 4.79 Å². The third-order valence-electron chi connectivity index (χ3n) is 2.57. The zero-order valence-corrected chi connectivity index (χ0v) is 10.7. The number of carbonyl (C=O) groups excluding carboxylic acids is 1. The zero-order chi connectivity index (χ0) is 12.3. The van der Waals surface area contributed by atoms with Crippen molar-refractivity contribution in [2.75, 3.05) is 0 Å². The molecule has 2 heterocycles. The summed E-state index contributed by atoms with van der Waals surface area (Å²) in [6, 6.07) is 2.20. The number of rotatable bonds is 4. The first-order valence-corrected chi connectivity index (χ1v) is 6.43. The first-order chi connectivity index (χ1) is 8.16. The maximum atomic E-state index is 11.9. The van der Waals surface area contributed by atoms with Crippen LogP contribution in [-0.2, 0) is 6.42 Å². The number of carbonyl (C=O) groups is 1. The number of H-pyrrole nitrogens is 1. The Morgan fingerprint density at radius 2 is 2.47 bits per heavy atom. The number of thiophene rings is 1. The largest absolute Gasteiger partial charge is 0.349 e. The van der Waals surface area contributed by atoms with Gasteiger partial charge in [0, 0.05) is 11.7 Å². The highest BCUT2D eigenvalue weighted by molar-refractivity contribution is 7.07. The van der Waals surface area contributed by atoms with Crippen molar-refractivity contribution in [2.24, 2.45) is 0 Å². The molecule has 2 aromatic heterocycles. The van der Waals surface area contributed by atoms with Gasteiger partial charge in [-0.2, -0.15) is 16.4 Å². The summed E-state index contributed by atoms with van der Waals surface area (Å²) in [6.45, 7) is 3.84. The monoisotopic (exact) mass is 249 g/mol. The Hall–Kier alpha value is -1.62. The SMILES string of the molecule is Cc1[nH]ncc1C(=O)NC(C)Cc1ccsc1. The Kier molecular flexibility index (Phi) is 3.58. The summed E-state index contributed by atoms with van der Waals surface area (Å²) in [5.41, 5.74) is 2.67. The molecule has 0 bridgehead atoms. The lowest BCUT2D eigenvalue weighted by Crippen LogP contribution is -2.34. The van der Waals surface area contributed by atoms with E-state index in [1.165, 1.54) is 5.56 Å². The van der Waals surface area contributed by atoms with Crippen LogP contribution in [0.1, 0.15) is 28.5 Å². The molecule has 0 aliphatic heterocycles. The number of hydrogen-bond acceptors (Lipinski definition) is 3. The fourth-order valence-corrected chi connectivity index (χ4v) is 2.38. The second-order valence-electron chi connectivity index (χ2n) is 4.12. The maximum absolute atomic E-state index is 11.9. The number of aromatic nitrogens is 2. The minimum absolute atomic E-state index is 0.0704. The Morgan fingerprint density at radius 3 is 3.06 bits per heavy atom. The summed E-state index contributed by atoms with van der Waals surface area (Å²) in [5, 5.41) is 13.7. The van der Waals surface area contributed by atoms with E-state index in [2.05, 4.69) is 27.0 Å². The van der Waals surface area contributed by atoms with E-state index in [0.29, 0.717) is 5.56 Å². The predicted octanol–water partition coefficient (Wildman–Crippen LogP) is 2.14. The number of hydrogen-bond donors (Lipinski definition) is 2. The van der Waals surface area contributed by atoms with Crippen LogP contribution in [0, 0.1) is 6.92 Å². The molecule has 5 heteroatoms. The molecule has 0 saturated heterocycles. The molecule has 0 aliphatic rings. The van der Waals surface area contributed by atoms with Crippen LogP contribution in [0.3, 0.4) is 0 Å². The van der Waals surface area contributed by atoms with Crippen molar-refractivity contribution in [3.8, 4) is 0 Å². The van der Waals surface area contributed by atoms with Gasteiger partial charge in [0.2, 0.25) is 0 Å². The molecular formula is C12H15N3OS. The molecule has 0 spiro atoms. The summed E-state index contributed by atoms with van der Waals surface area (Å²) in [6.07, 6.45) is 2.41. The van der Waals surface area contributed by atoms with Gasteiger partial charge in [-0.05, 0) is 42.7 Å². The summed E-state index contributed by atoms with van der Waals surface area (Å²) in [5.74, 6) is -0.0704. The third kappa shape index (κ3) is 2.94. The van der Waals surface area contributed by atoms with Crippen LogP contribution in [-0.4, -0.2) is 22.1 Å². The molecule has 1 amide bonds. The quantitative estimate of drug-likeness (QED) is 0.872. The highest BCUT2D eigenvalue weighted by atomic mass is 32.1. The lowest BCUT2D eigenvalue weighted by Gasteiger charge is -2.12.